The van der Waals surface area contributed by atoms with Crippen LogP contribution in [0.4, 0.5) is 14.9 Å². The van der Waals surface area contributed by atoms with Gasteiger partial charge in [-0.2, -0.15) is 0 Å². The van der Waals surface area contributed by atoms with Gasteiger partial charge >= 0.3 is 12.0 Å². The van der Waals surface area contributed by atoms with Gasteiger partial charge in [0.2, 0.25) is 5.91 Å². The fourth-order valence-electron chi connectivity index (χ4n) is 6.17. The smallest absolute Gasteiger partial charge is 0.321 e. The summed E-state index contributed by atoms with van der Waals surface area (Å²) in [6.07, 6.45) is 1.22. The average Bonchev–Trinajstić information content (AvgIpc) is 3.22. The minimum atomic E-state index is -0.488. The van der Waals surface area contributed by atoms with Gasteiger partial charge in [-0.3, -0.25) is 9.59 Å². The lowest BCUT2D eigenvalue weighted by Crippen LogP contribution is -2.56. The fourth-order valence-corrected chi connectivity index (χ4v) is 6.17. The van der Waals surface area contributed by atoms with Crippen LogP contribution in [0, 0.1) is 5.82 Å². The first-order chi connectivity index (χ1) is 18.6. The molecule has 9 nitrogen and oxygen atoms in total. The van der Waals surface area contributed by atoms with Crippen LogP contribution in [-0.2, 0) is 26.8 Å². The first kappa shape index (κ1) is 26.5. The van der Waals surface area contributed by atoms with Gasteiger partial charge < -0.3 is 29.2 Å². The Kier molecular flexibility index (Phi) is 6.96. The molecule has 0 saturated carbocycles. The zero-order valence-electron chi connectivity index (χ0n) is 22.6. The number of urea groups is 1. The zero-order chi connectivity index (χ0) is 27.9. The van der Waals surface area contributed by atoms with Gasteiger partial charge in [0, 0.05) is 63.1 Å². The van der Waals surface area contributed by atoms with Gasteiger partial charge in [-0.15, -0.1) is 0 Å². The van der Waals surface area contributed by atoms with E-state index in [2.05, 4.69) is 9.88 Å². The minimum absolute atomic E-state index is 0.0520. The summed E-state index contributed by atoms with van der Waals surface area (Å²) in [7, 11) is 3.57. The van der Waals surface area contributed by atoms with E-state index in [4.69, 9.17) is 9.47 Å². The predicted octanol–water partition coefficient (Wildman–Crippen LogP) is 4.36. The fraction of sp³-hybridized carbons (Fsp3) is 0.414. The minimum Gasteiger partial charge on any atom is -0.497 e. The number of amides is 3. The van der Waals surface area contributed by atoms with Gasteiger partial charge in [0.25, 0.3) is 0 Å². The Morgan fingerprint density at radius 1 is 1.10 bits per heavy atom. The van der Waals surface area contributed by atoms with Gasteiger partial charge in [-0.05, 0) is 42.7 Å². The lowest BCUT2D eigenvalue weighted by atomic mass is 9.68. The Morgan fingerprint density at radius 2 is 1.82 bits per heavy atom. The maximum atomic E-state index is 14.1. The molecule has 39 heavy (non-hydrogen) atoms. The number of aryl methyl sites for hydroxylation is 1. The molecule has 2 aliphatic rings. The molecule has 206 valence electrons. The molecule has 1 spiro atoms. The van der Waals surface area contributed by atoms with Crippen LogP contribution in [0.25, 0.3) is 10.9 Å². The maximum Gasteiger partial charge on any atom is 0.321 e. The molecule has 3 amide bonds. The molecule has 3 aromatic rings. The number of likely N-dealkylation sites (tertiary alicyclic amines) is 1. The lowest BCUT2D eigenvalue weighted by Gasteiger charge is -2.50. The van der Waals surface area contributed by atoms with E-state index in [1.54, 1.807) is 29.0 Å². The number of nitrogens with one attached hydrogen (secondary N) is 1. The number of hydrogen-bond donors (Lipinski definition) is 1. The molecule has 2 aliphatic heterocycles. The molecule has 0 radical (unpaired) electrons. The Bertz CT molecular complexity index is 1440. The second-order valence-corrected chi connectivity index (χ2v) is 10.3. The van der Waals surface area contributed by atoms with Crippen molar-refractivity contribution in [3.8, 4) is 5.75 Å². The number of para-hydroxylation sites is 1. The van der Waals surface area contributed by atoms with Crippen molar-refractivity contribution < 1.29 is 28.2 Å². The summed E-state index contributed by atoms with van der Waals surface area (Å²) in [5, 5.41) is 3.73. The van der Waals surface area contributed by atoms with E-state index in [1.807, 2.05) is 25.2 Å². The molecule has 3 heterocycles. The van der Waals surface area contributed by atoms with Crippen molar-refractivity contribution in [2.24, 2.45) is 7.05 Å². The number of esters is 1. The maximum absolute atomic E-state index is 14.1. The number of halogens is 1. The number of ether oxygens (including phenoxy) is 2. The van der Waals surface area contributed by atoms with Gasteiger partial charge in [-0.25, -0.2) is 9.18 Å². The monoisotopic (exact) mass is 536 g/mol. The Balaban J connectivity index is 1.53. The molecule has 1 fully saturated rings. The number of benzene rings is 2. The molecule has 0 aliphatic carbocycles. The number of carbonyl (C=O) groups is 3. The van der Waals surface area contributed by atoms with E-state index in [9.17, 15) is 18.8 Å². The van der Waals surface area contributed by atoms with Crippen LogP contribution in [0.5, 0.6) is 5.75 Å². The van der Waals surface area contributed by atoms with Crippen molar-refractivity contribution >= 4 is 34.5 Å². The summed E-state index contributed by atoms with van der Waals surface area (Å²) in [6.45, 7) is 4.25. The Hall–Kier alpha value is -4.08. The van der Waals surface area contributed by atoms with Gasteiger partial charge in [0.1, 0.15) is 24.2 Å². The van der Waals surface area contributed by atoms with Crippen LogP contribution in [0.2, 0.25) is 0 Å². The van der Waals surface area contributed by atoms with Crippen LogP contribution in [0.1, 0.15) is 44.0 Å². The van der Waals surface area contributed by atoms with Gasteiger partial charge in [0.05, 0.1) is 18.3 Å². The molecule has 2 aromatic carbocycles. The van der Waals surface area contributed by atoms with Gasteiger partial charge in [-0.1, -0.05) is 12.1 Å². The highest BCUT2D eigenvalue weighted by Crippen LogP contribution is 2.50. The number of carbonyl (C=O) groups excluding carboxylic acids is 3. The topological polar surface area (TPSA) is 93.1 Å². The summed E-state index contributed by atoms with van der Waals surface area (Å²) in [4.78, 5) is 41.2. The highest BCUT2D eigenvalue weighted by atomic mass is 19.1. The number of hydrogen-bond acceptors (Lipinski definition) is 5. The number of piperidine rings is 1. The van der Waals surface area contributed by atoms with E-state index in [1.165, 1.54) is 26.0 Å². The van der Waals surface area contributed by atoms with Crippen molar-refractivity contribution in [3.63, 3.8) is 0 Å². The molecular weight excluding hydrogens is 503 g/mol. The van der Waals surface area contributed by atoms with Crippen LogP contribution in [0.15, 0.2) is 42.5 Å². The van der Waals surface area contributed by atoms with Crippen LogP contribution >= 0.6 is 0 Å². The molecule has 10 heteroatoms. The van der Waals surface area contributed by atoms with E-state index < -0.39 is 23.2 Å². The number of nitrogens with zero attached hydrogens (tertiary/aromatic N) is 3. The Labute approximate surface area is 226 Å². The van der Waals surface area contributed by atoms with Crippen molar-refractivity contribution in [1.29, 1.82) is 0 Å². The van der Waals surface area contributed by atoms with Crippen molar-refractivity contribution in [2.45, 2.75) is 38.1 Å². The van der Waals surface area contributed by atoms with Crippen molar-refractivity contribution in [2.75, 3.05) is 38.7 Å². The highest BCUT2D eigenvalue weighted by Gasteiger charge is 2.49. The third-order valence-electron chi connectivity index (χ3n) is 8.12. The number of aromatic nitrogens is 1. The van der Waals surface area contributed by atoms with E-state index in [-0.39, 0.29) is 24.2 Å². The number of fused-ring (bicyclic) bond motifs is 4. The molecule has 1 N–H and O–H groups in total. The molecule has 1 aromatic heterocycles. The van der Waals surface area contributed by atoms with Crippen LogP contribution in [0.3, 0.4) is 0 Å². The van der Waals surface area contributed by atoms with E-state index in [0.29, 0.717) is 38.2 Å². The number of methoxy groups -OCH3 is 1. The third-order valence-corrected chi connectivity index (χ3v) is 8.12. The standard InChI is InChI=1S/C29H33FN4O5/c1-18(35)34-17-29(11-13-33(14-12-29)28(37)31-23-8-6-5-7-22(23)30)26-21-10-9-20(38-4)15-24(21)32(3)27(26)25(34)16-39-19(2)36/h5-10,15,25H,11-14,16-17H2,1-4H3,(H,31,37)/t25-/m0/s1. The normalized spacial score (nSPS) is 18.1. The summed E-state index contributed by atoms with van der Waals surface area (Å²) < 4.78 is 27.1. The summed E-state index contributed by atoms with van der Waals surface area (Å²) in [6, 6.07) is 11.2. The van der Waals surface area contributed by atoms with Crippen molar-refractivity contribution in [1.82, 2.24) is 14.4 Å². The Morgan fingerprint density at radius 3 is 2.46 bits per heavy atom. The molecule has 1 atom stereocenters. The third kappa shape index (κ3) is 4.68. The van der Waals surface area contributed by atoms with Gasteiger partial charge in [0.15, 0.2) is 0 Å². The molecule has 0 unspecified atom stereocenters. The average molecular weight is 537 g/mol. The number of anilines is 1. The number of rotatable bonds is 4. The second kappa shape index (κ2) is 10.2. The summed E-state index contributed by atoms with van der Waals surface area (Å²) >= 11 is 0. The largest absolute Gasteiger partial charge is 0.497 e. The molecular formula is C29H33FN4O5. The van der Waals surface area contributed by atoms with Crippen LogP contribution in [-0.4, -0.2) is 65.6 Å². The van der Waals surface area contributed by atoms with E-state index >= 15 is 0 Å². The first-order valence-corrected chi connectivity index (χ1v) is 13.0. The zero-order valence-corrected chi connectivity index (χ0v) is 22.6. The molecule has 0 bridgehead atoms. The first-order valence-electron chi connectivity index (χ1n) is 13.0. The second-order valence-electron chi connectivity index (χ2n) is 10.3. The summed E-state index contributed by atoms with van der Waals surface area (Å²) in [5.41, 5.74) is 2.71. The quantitative estimate of drug-likeness (QED) is 0.501. The summed E-state index contributed by atoms with van der Waals surface area (Å²) in [5.74, 6) is -0.290. The highest BCUT2D eigenvalue weighted by molar-refractivity contribution is 5.91. The van der Waals surface area contributed by atoms with E-state index in [0.717, 1.165) is 22.2 Å². The molecule has 1 saturated heterocycles. The lowest BCUT2D eigenvalue weighted by molar-refractivity contribution is -0.147. The SMILES string of the molecule is COc1ccc2c3c(n(C)c2c1)[C@H](COC(C)=O)N(C(C)=O)CC31CCN(C(=O)Nc2ccccc2F)CC1. The predicted molar refractivity (Wildman–Crippen MR) is 144 cm³/mol. The molecule has 5 rings (SSSR count). The van der Waals surface area contributed by atoms with Crippen molar-refractivity contribution in [3.05, 3.63) is 59.5 Å². The van der Waals surface area contributed by atoms with Crippen LogP contribution < -0.4 is 10.1 Å².